The van der Waals surface area contributed by atoms with Crippen LogP contribution in [0, 0.1) is 5.92 Å². The summed E-state index contributed by atoms with van der Waals surface area (Å²) in [5.74, 6) is 0.880. The van der Waals surface area contributed by atoms with Gasteiger partial charge in [-0.3, -0.25) is 0 Å². The van der Waals surface area contributed by atoms with E-state index in [4.69, 9.17) is 16.3 Å². The van der Waals surface area contributed by atoms with Crippen molar-refractivity contribution in [3.63, 3.8) is 0 Å². The molecule has 0 radical (unpaired) electrons. The van der Waals surface area contributed by atoms with Gasteiger partial charge in [0.05, 0.1) is 5.60 Å². The second-order valence-corrected chi connectivity index (χ2v) is 5.61. The average molecular weight is 217 g/mol. The molecule has 2 fully saturated rings. The van der Waals surface area contributed by atoms with Crippen molar-refractivity contribution < 1.29 is 4.74 Å². The van der Waals surface area contributed by atoms with Crippen molar-refractivity contribution in [3.05, 3.63) is 0 Å². The summed E-state index contributed by atoms with van der Waals surface area (Å²) >= 11 is 6.25. The van der Waals surface area contributed by atoms with E-state index in [1.54, 1.807) is 0 Å². The predicted octanol–water partition coefficient (Wildman–Crippen LogP) is 3.74. The van der Waals surface area contributed by atoms with E-state index in [1.165, 1.54) is 32.1 Å². The molecule has 0 aromatic rings. The molecule has 0 amide bonds. The molecule has 1 spiro atoms. The minimum absolute atomic E-state index is 0.170. The minimum atomic E-state index is 0.170. The Morgan fingerprint density at radius 1 is 1.36 bits per heavy atom. The van der Waals surface area contributed by atoms with Crippen LogP contribution in [0.15, 0.2) is 0 Å². The third kappa shape index (κ3) is 2.25. The molecule has 1 nitrogen and oxygen atoms in total. The second kappa shape index (κ2) is 4.40. The smallest absolute Gasteiger partial charge is 0.0699 e. The molecule has 2 aliphatic rings. The molecule has 1 aliphatic carbocycles. The number of rotatable bonds is 1. The Balaban J connectivity index is 1.99. The lowest BCUT2D eigenvalue weighted by Crippen LogP contribution is -2.44. The molecule has 3 unspecified atom stereocenters. The van der Waals surface area contributed by atoms with Gasteiger partial charge in [-0.2, -0.15) is 0 Å². The number of halogens is 1. The van der Waals surface area contributed by atoms with Crippen LogP contribution in [-0.2, 0) is 4.74 Å². The number of hydrogen-bond acceptors (Lipinski definition) is 1. The quantitative estimate of drug-likeness (QED) is 0.607. The Morgan fingerprint density at radius 3 is 2.93 bits per heavy atom. The first-order valence-electron chi connectivity index (χ1n) is 6.02. The lowest BCUT2D eigenvalue weighted by atomic mass is 9.73. The average Bonchev–Trinajstić information content (AvgIpc) is 2.17. The molecule has 3 atom stereocenters. The van der Waals surface area contributed by atoms with Gasteiger partial charge in [0.15, 0.2) is 0 Å². The maximum absolute atomic E-state index is 6.25. The minimum Gasteiger partial charge on any atom is -0.375 e. The van der Waals surface area contributed by atoms with Crippen molar-refractivity contribution in [1.82, 2.24) is 0 Å². The van der Waals surface area contributed by atoms with Gasteiger partial charge in [0.2, 0.25) is 0 Å². The van der Waals surface area contributed by atoms with Crippen molar-refractivity contribution in [1.29, 1.82) is 0 Å². The summed E-state index contributed by atoms with van der Waals surface area (Å²) in [6.45, 7) is 3.18. The molecule has 0 N–H and O–H groups in total. The highest BCUT2D eigenvalue weighted by Gasteiger charge is 2.40. The van der Waals surface area contributed by atoms with Crippen LogP contribution in [0.25, 0.3) is 0 Å². The van der Waals surface area contributed by atoms with Gasteiger partial charge in [-0.1, -0.05) is 26.2 Å². The van der Waals surface area contributed by atoms with Crippen LogP contribution in [0.5, 0.6) is 0 Å². The Labute approximate surface area is 92.2 Å². The normalized spacial score (nSPS) is 44.1. The van der Waals surface area contributed by atoms with Gasteiger partial charge in [0.1, 0.15) is 0 Å². The standard InChI is InChI=1S/C12H21ClO/c1-2-10-4-3-6-12(8-10)9-11(13)5-7-14-12/h10-11H,2-9H2,1H3. The first-order chi connectivity index (χ1) is 6.74. The van der Waals surface area contributed by atoms with Crippen LogP contribution in [0.2, 0.25) is 0 Å². The molecule has 0 aromatic carbocycles. The first kappa shape index (κ1) is 10.8. The van der Waals surface area contributed by atoms with Crippen molar-refractivity contribution in [2.45, 2.75) is 62.8 Å². The Kier molecular flexibility index (Phi) is 3.38. The van der Waals surface area contributed by atoms with Gasteiger partial charge >= 0.3 is 0 Å². The summed E-state index contributed by atoms with van der Waals surface area (Å²) in [4.78, 5) is 0. The van der Waals surface area contributed by atoms with E-state index in [2.05, 4.69) is 6.92 Å². The molecule has 14 heavy (non-hydrogen) atoms. The van der Waals surface area contributed by atoms with Gasteiger partial charge < -0.3 is 4.74 Å². The van der Waals surface area contributed by atoms with Crippen LogP contribution in [0.1, 0.15) is 51.9 Å². The van der Waals surface area contributed by atoms with Gasteiger partial charge in [-0.15, -0.1) is 11.6 Å². The molecule has 2 heteroatoms. The summed E-state index contributed by atoms with van der Waals surface area (Å²) in [5, 5.41) is 0.361. The maximum Gasteiger partial charge on any atom is 0.0699 e. The summed E-state index contributed by atoms with van der Waals surface area (Å²) in [6.07, 6.45) is 8.67. The van der Waals surface area contributed by atoms with Crippen LogP contribution in [0.4, 0.5) is 0 Å². The van der Waals surface area contributed by atoms with Crippen LogP contribution in [-0.4, -0.2) is 17.6 Å². The first-order valence-corrected chi connectivity index (χ1v) is 6.46. The lowest BCUT2D eigenvalue weighted by molar-refractivity contribution is -0.109. The van der Waals surface area contributed by atoms with Crippen LogP contribution < -0.4 is 0 Å². The van der Waals surface area contributed by atoms with Crippen molar-refractivity contribution in [3.8, 4) is 0 Å². The molecule has 1 aliphatic heterocycles. The molecule has 0 bridgehead atoms. The fraction of sp³-hybridized carbons (Fsp3) is 1.00. The van der Waals surface area contributed by atoms with Crippen LogP contribution >= 0.6 is 11.6 Å². The third-order valence-corrected chi connectivity index (χ3v) is 4.29. The number of hydrogen-bond donors (Lipinski definition) is 0. The van der Waals surface area contributed by atoms with Gasteiger partial charge in [0.25, 0.3) is 0 Å². The zero-order chi connectivity index (χ0) is 10.0. The maximum atomic E-state index is 6.25. The highest BCUT2D eigenvalue weighted by atomic mass is 35.5. The largest absolute Gasteiger partial charge is 0.375 e. The van der Waals surface area contributed by atoms with E-state index >= 15 is 0 Å². The Morgan fingerprint density at radius 2 is 2.21 bits per heavy atom. The summed E-state index contributed by atoms with van der Waals surface area (Å²) in [5.41, 5.74) is 0.170. The molecule has 82 valence electrons. The number of alkyl halides is 1. The molecule has 0 aromatic heterocycles. The highest BCUT2D eigenvalue weighted by molar-refractivity contribution is 6.20. The molecule has 1 saturated carbocycles. The highest BCUT2D eigenvalue weighted by Crippen LogP contribution is 2.43. The van der Waals surface area contributed by atoms with Gasteiger partial charge in [0, 0.05) is 12.0 Å². The Hall–Kier alpha value is 0.250. The van der Waals surface area contributed by atoms with E-state index in [1.807, 2.05) is 0 Å². The fourth-order valence-corrected chi connectivity index (χ4v) is 3.45. The Bertz CT molecular complexity index is 191. The monoisotopic (exact) mass is 216 g/mol. The SMILES string of the molecule is CCC1CCCC2(CC(Cl)CCO2)C1. The van der Waals surface area contributed by atoms with E-state index in [9.17, 15) is 0 Å². The molecule has 1 saturated heterocycles. The second-order valence-electron chi connectivity index (χ2n) is 4.99. The third-order valence-electron chi connectivity index (χ3n) is 3.92. The topological polar surface area (TPSA) is 9.23 Å². The van der Waals surface area contributed by atoms with Crippen LogP contribution in [0.3, 0.4) is 0 Å². The van der Waals surface area contributed by atoms with E-state index in [-0.39, 0.29) is 5.60 Å². The van der Waals surface area contributed by atoms with E-state index in [0.717, 1.165) is 25.4 Å². The summed E-state index contributed by atoms with van der Waals surface area (Å²) < 4.78 is 6.02. The van der Waals surface area contributed by atoms with Crippen molar-refractivity contribution >= 4 is 11.6 Å². The van der Waals surface area contributed by atoms with Crippen molar-refractivity contribution in [2.75, 3.05) is 6.61 Å². The summed E-state index contributed by atoms with van der Waals surface area (Å²) in [6, 6.07) is 0. The van der Waals surface area contributed by atoms with E-state index in [0.29, 0.717) is 5.38 Å². The predicted molar refractivity (Wildman–Crippen MR) is 59.8 cm³/mol. The zero-order valence-electron chi connectivity index (χ0n) is 9.10. The molecule has 2 rings (SSSR count). The lowest BCUT2D eigenvalue weighted by Gasteiger charge is -2.44. The van der Waals surface area contributed by atoms with E-state index < -0.39 is 0 Å². The fourth-order valence-electron chi connectivity index (χ4n) is 3.08. The molecule has 1 heterocycles. The zero-order valence-corrected chi connectivity index (χ0v) is 9.85. The van der Waals surface area contributed by atoms with Gasteiger partial charge in [-0.25, -0.2) is 0 Å². The summed E-state index contributed by atoms with van der Waals surface area (Å²) in [7, 11) is 0. The molecular weight excluding hydrogens is 196 g/mol. The number of ether oxygens (including phenoxy) is 1. The van der Waals surface area contributed by atoms with Gasteiger partial charge in [-0.05, 0) is 31.6 Å². The van der Waals surface area contributed by atoms with Crippen molar-refractivity contribution in [2.24, 2.45) is 5.92 Å². The molecular formula is C12H21ClO.